The van der Waals surface area contributed by atoms with Gasteiger partial charge in [-0.1, -0.05) is 18.2 Å². The summed E-state index contributed by atoms with van der Waals surface area (Å²) in [5.74, 6) is 1.67. The highest BCUT2D eigenvalue weighted by Crippen LogP contribution is 2.42. The fourth-order valence-corrected chi connectivity index (χ4v) is 3.30. The van der Waals surface area contributed by atoms with Crippen LogP contribution in [-0.4, -0.2) is 37.8 Å². The molecule has 0 saturated carbocycles. The zero-order valence-corrected chi connectivity index (χ0v) is 13.9. The van der Waals surface area contributed by atoms with Crippen molar-refractivity contribution in [1.82, 2.24) is 4.90 Å². The van der Waals surface area contributed by atoms with Crippen LogP contribution in [0.15, 0.2) is 36.4 Å². The van der Waals surface area contributed by atoms with Gasteiger partial charge in [-0.3, -0.25) is 4.90 Å². The van der Waals surface area contributed by atoms with Gasteiger partial charge in [-0.2, -0.15) is 0 Å². The van der Waals surface area contributed by atoms with E-state index in [9.17, 15) is 5.11 Å². The standard InChI is InChI=1S/C19H23NO3/c1-20-11-10-14-6-9-17(23-3)19(21)18(14)16(20)12-13-4-7-15(22-2)8-5-13/h4-9,16,21H,10-12H2,1-3H3/t16-/m1/s1. The van der Waals surface area contributed by atoms with Crippen LogP contribution >= 0.6 is 0 Å². The van der Waals surface area contributed by atoms with E-state index in [0.29, 0.717) is 5.75 Å². The summed E-state index contributed by atoms with van der Waals surface area (Å²) in [4.78, 5) is 2.30. The zero-order chi connectivity index (χ0) is 16.4. The summed E-state index contributed by atoms with van der Waals surface area (Å²) in [6.07, 6.45) is 1.79. The number of aromatic hydroxyl groups is 1. The van der Waals surface area contributed by atoms with Gasteiger partial charge in [0.25, 0.3) is 0 Å². The van der Waals surface area contributed by atoms with Crippen molar-refractivity contribution in [2.24, 2.45) is 0 Å². The molecular formula is C19H23NO3. The first-order valence-corrected chi connectivity index (χ1v) is 7.86. The van der Waals surface area contributed by atoms with Crippen molar-refractivity contribution >= 4 is 0 Å². The van der Waals surface area contributed by atoms with E-state index in [-0.39, 0.29) is 11.8 Å². The Balaban J connectivity index is 1.95. The van der Waals surface area contributed by atoms with Gasteiger partial charge in [0.1, 0.15) is 5.75 Å². The second kappa shape index (κ2) is 6.50. The minimum Gasteiger partial charge on any atom is -0.504 e. The van der Waals surface area contributed by atoms with Crippen LogP contribution in [0.4, 0.5) is 0 Å². The molecule has 1 heterocycles. The Kier molecular flexibility index (Phi) is 4.44. The van der Waals surface area contributed by atoms with E-state index in [0.717, 1.165) is 30.7 Å². The normalized spacial score (nSPS) is 17.6. The molecule has 1 N–H and O–H groups in total. The molecule has 2 aromatic rings. The SMILES string of the molecule is COc1ccc(C[C@@H]2c3c(ccc(OC)c3O)CCN2C)cc1. The number of phenolic OH excluding ortho intramolecular Hbond substituents is 1. The molecule has 0 amide bonds. The second-order valence-corrected chi connectivity index (χ2v) is 5.99. The summed E-state index contributed by atoms with van der Waals surface area (Å²) in [6, 6.07) is 12.2. The second-order valence-electron chi connectivity index (χ2n) is 5.99. The number of benzene rings is 2. The monoisotopic (exact) mass is 313 g/mol. The number of likely N-dealkylation sites (N-methyl/N-ethyl adjacent to an activating group) is 1. The third-order valence-corrected chi connectivity index (χ3v) is 4.68. The predicted octanol–water partition coefficient (Wildman–Crippen LogP) is 3.18. The Morgan fingerprint density at radius 3 is 2.48 bits per heavy atom. The number of hydrogen-bond acceptors (Lipinski definition) is 4. The van der Waals surface area contributed by atoms with Gasteiger partial charge in [-0.25, -0.2) is 0 Å². The highest BCUT2D eigenvalue weighted by atomic mass is 16.5. The number of fused-ring (bicyclic) bond motifs is 1. The van der Waals surface area contributed by atoms with E-state index in [2.05, 4.69) is 30.1 Å². The van der Waals surface area contributed by atoms with Crippen molar-refractivity contribution in [3.8, 4) is 17.2 Å². The van der Waals surface area contributed by atoms with Crippen LogP contribution in [-0.2, 0) is 12.8 Å². The van der Waals surface area contributed by atoms with Crippen LogP contribution in [0, 0.1) is 0 Å². The third-order valence-electron chi connectivity index (χ3n) is 4.68. The van der Waals surface area contributed by atoms with Crippen molar-refractivity contribution in [3.05, 3.63) is 53.1 Å². The molecule has 1 aliphatic heterocycles. The number of methoxy groups -OCH3 is 2. The lowest BCUT2D eigenvalue weighted by atomic mass is 9.88. The number of hydrogen-bond donors (Lipinski definition) is 1. The lowest BCUT2D eigenvalue weighted by molar-refractivity contribution is 0.222. The highest BCUT2D eigenvalue weighted by molar-refractivity contribution is 5.52. The summed E-state index contributed by atoms with van der Waals surface area (Å²) in [5.41, 5.74) is 3.42. The molecule has 0 unspecified atom stereocenters. The van der Waals surface area contributed by atoms with Crippen molar-refractivity contribution in [2.75, 3.05) is 27.8 Å². The minimum atomic E-state index is 0.141. The van der Waals surface area contributed by atoms with Crippen molar-refractivity contribution in [1.29, 1.82) is 0 Å². The molecule has 1 aliphatic rings. The fraction of sp³-hybridized carbons (Fsp3) is 0.368. The maximum atomic E-state index is 10.6. The van der Waals surface area contributed by atoms with Crippen molar-refractivity contribution in [2.45, 2.75) is 18.9 Å². The number of rotatable bonds is 4. The molecule has 0 saturated heterocycles. The predicted molar refractivity (Wildman–Crippen MR) is 90.4 cm³/mol. The summed E-state index contributed by atoms with van der Waals surface area (Å²) in [5, 5.41) is 10.6. The molecule has 0 aliphatic carbocycles. The minimum absolute atomic E-state index is 0.141. The van der Waals surface area contributed by atoms with Gasteiger partial charge in [0.2, 0.25) is 0 Å². The maximum Gasteiger partial charge on any atom is 0.162 e. The van der Waals surface area contributed by atoms with Crippen LogP contribution in [0.2, 0.25) is 0 Å². The lowest BCUT2D eigenvalue weighted by Gasteiger charge is -2.35. The molecule has 0 fully saturated rings. The number of phenols is 1. The van der Waals surface area contributed by atoms with Gasteiger partial charge in [-0.05, 0) is 49.2 Å². The van der Waals surface area contributed by atoms with Gasteiger partial charge < -0.3 is 14.6 Å². The molecule has 4 heteroatoms. The van der Waals surface area contributed by atoms with E-state index < -0.39 is 0 Å². The van der Waals surface area contributed by atoms with E-state index >= 15 is 0 Å². The smallest absolute Gasteiger partial charge is 0.162 e. The Morgan fingerprint density at radius 2 is 1.83 bits per heavy atom. The summed E-state index contributed by atoms with van der Waals surface area (Å²) in [6.45, 7) is 0.986. The van der Waals surface area contributed by atoms with E-state index in [4.69, 9.17) is 9.47 Å². The quantitative estimate of drug-likeness (QED) is 0.941. The number of ether oxygens (including phenoxy) is 2. The van der Waals surface area contributed by atoms with Crippen LogP contribution < -0.4 is 9.47 Å². The molecule has 122 valence electrons. The summed E-state index contributed by atoms with van der Waals surface area (Å²) in [7, 11) is 5.37. The first kappa shape index (κ1) is 15.7. The molecule has 0 aromatic heterocycles. The molecule has 1 atom stereocenters. The van der Waals surface area contributed by atoms with Crippen molar-refractivity contribution in [3.63, 3.8) is 0 Å². The molecule has 0 bridgehead atoms. The Hall–Kier alpha value is -2.20. The van der Waals surface area contributed by atoms with E-state index in [1.165, 1.54) is 11.1 Å². The Bertz CT molecular complexity index is 682. The first-order valence-electron chi connectivity index (χ1n) is 7.86. The average molecular weight is 313 g/mol. The largest absolute Gasteiger partial charge is 0.504 e. The summed E-state index contributed by atoms with van der Waals surface area (Å²) >= 11 is 0. The van der Waals surface area contributed by atoms with E-state index in [1.807, 2.05) is 18.2 Å². The topological polar surface area (TPSA) is 41.9 Å². The Morgan fingerprint density at radius 1 is 1.09 bits per heavy atom. The molecule has 0 spiro atoms. The van der Waals surface area contributed by atoms with E-state index in [1.54, 1.807) is 14.2 Å². The highest BCUT2D eigenvalue weighted by Gasteiger charge is 2.29. The molecule has 4 nitrogen and oxygen atoms in total. The van der Waals surface area contributed by atoms with Gasteiger partial charge in [-0.15, -0.1) is 0 Å². The average Bonchev–Trinajstić information content (AvgIpc) is 2.58. The molecule has 3 rings (SSSR count). The molecular weight excluding hydrogens is 290 g/mol. The van der Waals surface area contributed by atoms with Gasteiger partial charge in [0.05, 0.1) is 14.2 Å². The third kappa shape index (κ3) is 2.99. The van der Waals surface area contributed by atoms with Gasteiger partial charge >= 0.3 is 0 Å². The van der Waals surface area contributed by atoms with Crippen molar-refractivity contribution < 1.29 is 14.6 Å². The summed E-state index contributed by atoms with van der Waals surface area (Å²) < 4.78 is 10.5. The van der Waals surface area contributed by atoms with Crippen LogP contribution in [0.5, 0.6) is 17.2 Å². The lowest BCUT2D eigenvalue weighted by Crippen LogP contribution is -2.33. The van der Waals surface area contributed by atoms with Crippen LogP contribution in [0.25, 0.3) is 0 Å². The van der Waals surface area contributed by atoms with Crippen LogP contribution in [0.3, 0.4) is 0 Å². The maximum absolute atomic E-state index is 10.6. The number of nitrogens with zero attached hydrogens (tertiary/aromatic N) is 1. The first-order chi connectivity index (χ1) is 11.1. The Labute approximate surface area is 137 Å². The fourth-order valence-electron chi connectivity index (χ4n) is 3.30. The van der Waals surface area contributed by atoms with Gasteiger partial charge in [0, 0.05) is 18.2 Å². The zero-order valence-electron chi connectivity index (χ0n) is 13.9. The van der Waals surface area contributed by atoms with Crippen LogP contribution in [0.1, 0.15) is 22.7 Å². The molecule has 0 radical (unpaired) electrons. The molecule has 2 aromatic carbocycles. The molecule has 23 heavy (non-hydrogen) atoms. The van der Waals surface area contributed by atoms with Gasteiger partial charge in [0.15, 0.2) is 11.5 Å².